The largest absolute Gasteiger partial charge is 0.373 e. The van der Waals surface area contributed by atoms with E-state index in [1.807, 2.05) is 37.0 Å². The molecule has 0 bridgehead atoms. The van der Waals surface area contributed by atoms with Crippen LogP contribution < -0.4 is 5.32 Å². The van der Waals surface area contributed by atoms with Gasteiger partial charge in [0.15, 0.2) is 0 Å². The summed E-state index contributed by atoms with van der Waals surface area (Å²) in [5, 5.41) is 7.26. The van der Waals surface area contributed by atoms with Crippen molar-refractivity contribution < 1.29 is 9.53 Å². The quantitative estimate of drug-likeness (QED) is 0.923. The summed E-state index contributed by atoms with van der Waals surface area (Å²) < 4.78 is 7.63. The predicted molar refractivity (Wildman–Crippen MR) is 89.5 cm³/mol. The molecular formula is C17H23N5O2. The number of pyridine rings is 1. The number of nitrogens with one attached hydrogen (secondary N) is 1. The second-order valence-electron chi connectivity index (χ2n) is 6.14. The first-order valence-electron chi connectivity index (χ1n) is 8.15. The van der Waals surface area contributed by atoms with E-state index in [2.05, 4.69) is 15.4 Å². The van der Waals surface area contributed by atoms with Crippen LogP contribution in [-0.4, -0.2) is 51.5 Å². The monoisotopic (exact) mass is 329 g/mol. The van der Waals surface area contributed by atoms with Crippen molar-refractivity contribution >= 4 is 6.03 Å². The Kier molecular flexibility index (Phi) is 5.10. The van der Waals surface area contributed by atoms with E-state index in [-0.39, 0.29) is 12.1 Å². The summed E-state index contributed by atoms with van der Waals surface area (Å²) in [5.41, 5.74) is 3.27. The van der Waals surface area contributed by atoms with Crippen molar-refractivity contribution in [3.63, 3.8) is 0 Å². The van der Waals surface area contributed by atoms with Gasteiger partial charge < -0.3 is 15.0 Å². The molecule has 0 spiro atoms. The Hall–Kier alpha value is -2.41. The molecular weight excluding hydrogens is 306 g/mol. The van der Waals surface area contributed by atoms with E-state index >= 15 is 0 Å². The van der Waals surface area contributed by atoms with Crippen LogP contribution in [0.1, 0.15) is 16.7 Å². The van der Waals surface area contributed by atoms with E-state index in [9.17, 15) is 4.79 Å². The maximum Gasteiger partial charge on any atom is 0.317 e. The number of rotatable bonds is 4. The number of nitrogens with zero attached hydrogens (tertiary/aromatic N) is 4. The van der Waals surface area contributed by atoms with E-state index in [4.69, 9.17) is 4.74 Å². The van der Waals surface area contributed by atoms with Gasteiger partial charge in [-0.3, -0.25) is 9.67 Å². The average molecular weight is 329 g/mol. The fraction of sp³-hybridized carbons (Fsp3) is 0.471. The van der Waals surface area contributed by atoms with E-state index in [1.54, 1.807) is 17.3 Å². The van der Waals surface area contributed by atoms with Gasteiger partial charge in [-0.15, -0.1) is 0 Å². The third kappa shape index (κ3) is 4.11. The molecule has 0 aromatic carbocycles. The number of hydrogen-bond donors (Lipinski definition) is 1. The number of hydrogen-bond acceptors (Lipinski definition) is 4. The zero-order chi connectivity index (χ0) is 16.9. The lowest BCUT2D eigenvalue weighted by Crippen LogP contribution is -2.50. The predicted octanol–water partition coefficient (Wildman–Crippen LogP) is 1.51. The number of carbonyl (C=O) groups excluding carboxylic acids is 1. The minimum Gasteiger partial charge on any atom is -0.373 e. The molecule has 7 heteroatoms. The van der Waals surface area contributed by atoms with Crippen molar-refractivity contribution in [3.05, 3.63) is 47.5 Å². The van der Waals surface area contributed by atoms with Gasteiger partial charge >= 0.3 is 6.03 Å². The molecule has 0 saturated carbocycles. The first-order valence-corrected chi connectivity index (χ1v) is 8.15. The highest BCUT2D eigenvalue weighted by Crippen LogP contribution is 2.09. The first-order chi connectivity index (χ1) is 11.6. The SMILES string of the molecule is Cc1cnn(CC2CN(C(=O)NCc3ccncc3C)CCO2)c1. The second-order valence-corrected chi connectivity index (χ2v) is 6.14. The van der Waals surface area contributed by atoms with Crippen LogP contribution in [0.5, 0.6) is 0 Å². The highest BCUT2D eigenvalue weighted by molar-refractivity contribution is 5.74. The lowest BCUT2D eigenvalue weighted by atomic mass is 10.1. The van der Waals surface area contributed by atoms with Crippen molar-refractivity contribution in [2.75, 3.05) is 19.7 Å². The molecule has 1 aliphatic heterocycles. The standard InChI is InChI=1S/C17H23N5O2/c1-13-7-20-22(10-13)12-16-11-21(5-6-24-16)17(23)19-9-15-3-4-18-8-14(15)2/h3-4,7-8,10,16H,5-6,9,11-12H2,1-2H3,(H,19,23). The van der Waals surface area contributed by atoms with Gasteiger partial charge in [0, 0.05) is 31.7 Å². The van der Waals surface area contributed by atoms with Crippen LogP contribution in [0.25, 0.3) is 0 Å². The zero-order valence-electron chi connectivity index (χ0n) is 14.1. The summed E-state index contributed by atoms with van der Waals surface area (Å²) in [6.07, 6.45) is 7.31. The number of ether oxygens (including phenoxy) is 1. The molecule has 128 valence electrons. The molecule has 7 nitrogen and oxygen atoms in total. The van der Waals surface area contributed by atoms with Gasteiger partial charge in [0.05, 0.1) is 32.0 Å². The van der Waals surface area contributed by atoms with Crippen molar-refractivity contribution in [3.8, 4) is 0 Å². The Bertz CT molecular complexity index is 700. The molecule has 3 heterocycles. The number of amides is 2. The highest BCUT2D eigenvalue weighted by atomic mass is 16.5. The number of urea groups is 1. The van der Waals surface area contributed by atoms with Crippen LogP contribution in [0.15, 0.2) is 30.9 Å². The third-order valence-corrected chi connectivity index (χ3v) is 4.15. The summed E-state index contributed by atoms with van der Waals surface area (Å²) in [6, 6.07) is 1.87. The van der Waals surface area contributed by atoms with Crippen LogP contribution in [0.4, 0.5) is 4.79 Å². The summed E-state index contributed by atoms with van der Waals surface area (Å²) >= 11 is 0. The van der Waals surface area contributed by atoms with Gasteiger partial charge in [0.25, 0.3) is 0 Å². The molecule has 1 fully saturated rings. The highest BCUT2D eigenvalue weighted by Gasteiger charge is 2.24. The first kappa shape index (κ1) is 16.4. The summed E-state index contributed by atoms with van der Waals surface area (Å²) in [6.45, 7) is 6.88. The number of carbonyl (C=O) groups is 1. The summed E-state index contributed by atoms with van der Waals surface area (Å²) in [7, 11) is 0. The minimum atomic E-state index is -0.0591. The van der Waals surface area contributed by atoms with Crippen LogP contribution in [-0.2, 0) is 17.8 Å². The van der Waals surface area contributed by atoms with Crippen LogP contribution in [0.2, 0.25) is 0 Å². The molecule has 24 heavy (non-hydrogen) atoms. The molecule has 2 aromatic heterocycles. The molecule has 2 amide bonds. The lowest BCUT2D eigenvalue weighted by molar-refractivity contribution is -0.0237. The van der Waals surface area contributed by atoms with Gasteiger partial charge in [-0.25, -0.2) is 4.79 Å². The van der Waals surface area contributed by atoms with Crippen LogP contribution in [0.3, 0.4) is 0 Å². The average Bonchev–Trinajstić information content (AvgIpc) is 2.99. The number of morpholine rings is 1. The minimum absolute atomic E-state index is 0.0357. The Morgan fingerprint density at radius 3 is 3.04 bits per heavy atom. The lowest BCUT2D eigenvalue weighted by Gasteiger charge is -2.33. The van der Waals surface area contributed by atoms with Crippen molar-refractivity contribution in [2.45, 2.75) is 33.0 Å². The van der Waals surface area contributed by atoms with Crippen LogP contribution >= 0.6 is 0 Å². The smallest absolute Gasteiger partial charge is 0.317 e. The molecule has 2 aromatic rings. The van der Waals surface area contributed by atoms with Crippen molar-refractivity contribution in [1.29, 1.82) is 0 Å². The third-order valence-electron chi connectivity index (χ3n) is 4.15. The Balaban J connectivity index is 1.52. The maximum absolute atomic E-state index is 12.4. The molecule has 0 radical (unpaired) electrons. The Morgan fingerprint density at radius 1 is 1.42 bits per heavy atom. The molecule has 0 aliphatic carbocycles. The van der Waals surface area contributed by atoms with E-state index in [1.165, 1.54) is 0 Å². The fourth-order valence-electron chi connectivity index (χ4n) is 2.77. The molecule has 1 aliphatic rings. The van der Waals surface area contributed by atoms with Gasteiger partial charge in [0.2, 0.25) is 0 Å². The van der Waals surface area contributed by atoms with Gasteiger partial charge in [-0.05, 0) is 36.6 Å². The molecule has 1 unspecified atom stereocenters. The molecule has 1 N–H and O–H groups in total. The molecule has 1 atom stereocenters. The maximum atomic E-state index is 12.4. The van der Waals surface area contributed by atoms with Crippen molar-refractivity contribution in [1.82, 2.24) is 25.0 Å². The number of aryl methyl sites for hydroxylation is 2. The van der Waals surface area contributed by atoms with Crippen molar-refractivity contribution in [2.24, 2.45) is 0 Å². The Labute approximate surface area is 141 Å². The molecule has 1 saturated heterocycles. The van der Waals surface area contributed by atoms with Gasteiger partial charge in [0.1, 0.15) is 0 Å². The Morgan fingerprint density at radius 2 is 2.29 bits per heavy atom. The summed E-state index contributed by atoms with van der Waals surface area (Å²) in [4.78, 5) is 18.3. The molecule has 3 rings (SSSR count). The normalized spacial score (nSPS) is 17.8. The number of aromatic nitrogens is 3. The van der Waals surface area contributed by atoms with E-state index in [0.29, 0.717) is 32.8 Å². The zero-order valence-corrected chi connectivity index (χ0v) is 14.1. The van der Waals surface area contributed by atoms with E-state index < -0.39 is 0 Å². The summed E-state index contributed by atoms with van der Waals surface area (Å²) in [5.74, 6) is 0. The van der Waals surface area contributed by atoms with Crippen LogP contribution in [0, 0.1) is 13.8 Å². The fourth-order valence-corrected chi connectivity index (χ4v) is 2.77. The van der Waals surface area contributed by atoms with Gasteiger partial charge in [-0.2, -0.15) is 5.10 Å². The second kappa shape index (κ2) is 7.44. The van der Waals surface area contributed by atoms with Gasteiger partial charge in [-0.1, -0.05) is 0 Å². The van der Waals surface area contributed by atoms with E-state index in [0.717, 1.165) is 16.7 Å². The topological polar surface area (TPSA) is 72.3 Å².